The summed E-state index contributed by atoms with van der Waals surface area (Å²) in [4.78, 5) is 33.7. The Morgan fingerprint density at radius 2 is 1.97 bits per heavy atom. The molecular weight excluding hydrogens is 438 g/mol. The zero-order chi connectivity index (χ0) is 22.2. The third-order valence-corrected chi connectivity index (χ3v) is 8.87. The van der Waals surface area contributed by atoms with Crippen molar-refractivity contribution in [2.24, 2.45) is 5.92 Å². The molecule has 0 spiro atoms. The number of nitrogens with zero attached hydrogens (tertiary/aromatic N) is 2. The number of hydrogen-bond donors (Lipinski definition) is 1. The number of carbonyl (C=O) groups excluding carboxylic acids is 1. The van der Waals surface area contributed by atoms with Crippen LogP contribution in [0.15, 0.2) is 40.3 Å². The second kappa shape index (κ2) is 9.02. The van der Waals surface area contributed by atoms with Crippen molar-refractivity contribution in [2.75, 3.05) is 0 Å². The van der Waals surface area contributed by atoms with Crippen LogP contribution in [-0.2, 0) is 17.6 Å². The predicted molar refractivity (Wildman–Crippen MR) is 132 cm³/mol. The largest absolute Gasteiger partial charge is 0.352 e. The van der Waals surface area contributed by atoms with E-state index in [-0.39, 0.29) is 22.8 Å². The molecule has 1 aromatic carbocycles. The number of thiophene rings is 1. The number of fused-ring (bicyclic) bond motifs is 3. The van der Waals surface area contributed by atoms with E-state index < -0.39 is 0 Å². The summed E-state index contributed by atoms with van der Waals surface area (Å²) < 4.78 is 1.71. The van der Waals surface area contributed by atoms with Crippen molar-refractivity contribution in [1.82, 2.24) is 14.9 Å². The highest BCUT2D eigenvalue weighted by Crippen LogP contribution is 2.37. The molecule has 2 aliphatic carbocycles. The third-order valence-electron chi connectivity index (χ3n) is 6.67. The van der Waals surface area contributed by atoms with Crippen LogP contribution in [0.5, 0.6) is 0 Å². The first kappa shape index (κ1) is 21.7. The van der Waals surface area contributed by atoms with Crippen LogP contribution in [0.25, 0.3) is 15.9 Å². The molecule has 2 aromatic heterocycles. The van der Waals surface area contributed by atoms with Crippen LogP contribution in [0.3, 0.4) is 0 Å². The van der Waals surface area contributed by atoms with Crippen LogP contribution >= 0.6 is 23.1 Å². The molecule has 1 amide bonds. The zero-order valence-corrected chi connectivity index (χ0v) is 20.2. The second-order valence-corrected chi connectivity index (χ2v) is 11.5. The minimum absolute atomic E-state index is 0.0147. The highest BCUT2D eigenvalue weighted by Gasteiger charge is 2.27. The number of thioether (sulfide) groups is 1. The number of aryl methyl sites for hydroxylation is 1. The number of carbonyl (C=O) groups is 1. The maximum Gasteiger partial charge on any atom is 0.267 e. The van der Waals surface area contributed by atoms with Gasteiger partial charge in [0.25, 0.3) is 5.56 Å². The molecule has 0 radical (unpaired) electrons. The van der Waals surface area contributed by atoms with Gasteiger partial charge in [-0.3, -0.25) is 14.2 Å². The average Bonchev–Trinajstić information content (AvgIpc) is 3.41. The normalized spacial score (nSPS) is 19.8. The van der Waals surface area contributed by atoms with Gasteiger partial charge in [0.1, 0.15) is 4.83 Å². The molecule has 2 aliphatic rings. The lowest BCUT2D eigenvalue weighted by atomic mass is 9.89. The van der Waals surface area contributed by atoms with Crippen LogP contribution in [0.4, 0.5) is 0 Å². The van der Waals surface area contributed by atoms with E-state index in [1.165, 1.54) is 35.0 Å². The van der Waals surface area contributed by atoms with Gasteiger partial charge in [0.2, 0.25) is 5.91 Å². The highest BCUT2D eigenvalue weighted by atomic mass is 32.2. The Morgan fingerprint density at radius 3 is 2.72 bits per heavy atom. The molecule has 3 aromatic rings. The minimum Gasteiger partial charge on any atom is -0.352 e. The SMILES string of the molecule is CC1CCc2c(sc3nc(SC(C)C(=O)NC4CCCC4)n(-c4ccccc4)c(=O)c23)C1. The van der Waals surface area contributed by atoms with Crippen molar-refractivity contribution in [2.45, 2.75) is 75.2 Å². The standard InChI is InChI=1S/C25H29N3O2S2/c1-15-12-13-19-20(14-15)32-23-21(19)24(30)28(18-10-4-3-5-11-18)25(27-23)31-16(2)22(29)26-17-8-6-7-9-17/h3-5,10-11,15-17H,6-9,12-14H2,1-2H3,(H,26,29). The summed E-state index contributed by atoms with van der Waals surface area (Å²) in [6.07, 6.45) is 7.54. The van der Waals surface area contributed by atoms with Crippen LogP contribution < -0.4 is 10.9 Å². The van der Waals surface area contributed by atoms with Gasteiger partial charge in [0, 0.05) is 10.9 Å². The summed E-state index contributed by atoms with van der Waals surface area (Å²) in [6, 6.07) is 9.96. The summed E-state index contributed by atoms with van der Waals surface area (Å²) in [5.74, 6) is 0.662. The molecule has 7 heteroatoms. The van der Waals surface area contributed by atoms with Gasteiger partial charge in [-0.05, 0) is 62.6 Å². The highest BCUT2D eigenvalue weighted by molar-refractivity contribution is 8.00. The molecule has 5 rings (SSSR count). The van der Waals surface area contributed by atoms with Gasteiger partial charge in [-0.2, -0.15) is 0 Å². The van der Waals surface area contributed by atoms with E-state index in [1.807, 2.05) is 37.3 Å². The number of para-hydroxylation sites is 1. The van der Waals surface area contributed by atoms with Crippen LogP contribution in [0.2, 0.25) is 0 Å². The molecular formula is C25H29N3O2S2. The van der Waals surface area contributed by atoms with E-state index in [0.717, 1.165) is 48.0 Å². The van der Waals surface area contributed by atoms with Gasteiger partial charge in [-0.15, -0.1) is 11.3 Å². The lowest BCUT2D eigenvalue weighted by molar-refractivity contribution is -0.120. The molecule has 1 N–H and O–H groups in total. The number of benzene rings is 1. The number of hydrogen-bond acceptors (Lipinski definition) is 5. The Balaban J connectivity index is 1.56. The van der Waals surface area contributed by atoms with Crippen LogP contribution in [0.1, 0.15) is 56.4 Å². The molecule has 2 heterocycles. The first-order valence-electron chi connectivity index (χ1n) is 11.6. The number of aromatic nitrogens is 2. The lowest BCUT2D eigenvalue weighted by Crippen LogP contribution is -2.38. The van der Waals surface area contributed by atoms with Gasteiger partial charge >= 0.3 is 0 Å². The van der Waals surface area contributed by atoms with Gasteiger partial charge in [-0.25, -0.2) is 4.98 Å². The Hall–Kier alpha value is -2.12. The third kappa shape index (κ3) is 4.13. The second-order valence-electron chi connectivity index (χ2n) is 9.15. The summed E-state index contributed by atoms with van der Waals surface area (Å²) in [7, 11) is 0. The zero-order valence-electron chi connectivity index (χ0n) is 18.6. The topological polar surface area (TPSA) is 64.0 Å². The molecule has 0 bridgehead atoms. The molecule has 2 atom stereocenters. The van der Waals surface area contributed by atoms with Crippen molar-refractivity contribution in [3.63, 3.8) is 0 Å². The van der Waals surface area contributed by atoms with Crippen molar-refractivity contribution in [3.05, 3.63) is 51.1 Å². The summed E-state index contributed by atoms with van der Waals surface area (Å²) in [6.45, 7) is 4.18. The molecule has 168 valence electrons. The number of nitrogens with one attached hydrogen (secondary N) is 1. The Morgan fingerprint density at radius 1 is 1.22 bits per heavy atom. The van der Waals surface area contributed by atoms with Crippen molar-refractivity contribution >= 4 is 39.2 Å². The summed E-state index contributed by atoms with van der Waals surface area (Å²) in [5.41, 5.74) is 1.97. The van der Waals surface area contributed by atoms with Crippen molar-refractivity contribution < 1.29 is 4.79 Å². The van der Waals surface area contributed by atoms with E-state index in [1.54, 1.807) is 15.9 Å². The first-order valence-corrected chi connectivity index (χ1v) is 13.3. The summed E-state index contributed by atoms with van der Waals surface area (Å²) >= 11 is 3.04. The molecule has 0 saturated heterocycles. The van der Waals surface area contributed by atoms with E-state index in [9.17, 15) is 9.59 Å². The molecule has 0 aliphatic heterocycles. The average molecular weight is 468 g/mol. The number of rotatable bonds is 5. The van der Waals surface area contributed by atoms with Crippen LogP contribution in [0, 0.1) is 5.92 Å². The van der Waals surface area contributed by atoms with Gasteiger partial charge in [0.05, 0.1) is 16.3 Å². The van der Waals surface area contributed by atoms with E-state index >= 15 is 0 Å². The monoisotopic (exact) mass is 467 g/mol. The molecule has 1 fully saturated rings. The molecule has 5 nitrogen and oxygen atoms in total. The van der Waals surface area contributed by atoms with Gasteiger partial charge < -0.3 is 5.32 Å². The lowest BCUT2D eigenvalue weighted by Gasteiger charge is -2.19. The Labute approximate surface area is 196 Å². The van der Waals surface area contributed by atoms with Gasteiger partial charge in [0.15, 0.2) is 5.16 Å². The predicted octanol–water partition coefficient (Wildman–Crippen LogP) is 5.11. The summed E-state index contributed by atoms with van der Waals surface area (Å²) in [5, 5.41) is 4.22. The fraction of sp³-hybridized carbons (Fsp3) is 0.480. The van der Waals surface area contributed by atoms with Crippen molar-refractivity contribution in [1.29, 1.82) is 0 Å². The Kier molecular flexibility index (Phi) is 6.12. The van der Waals surface area contributed by atoms with Gasteiger partial charge in [-0.1, -0.05) is 49.7 Å². The smallest absolute Gasteiger partial charge is 0.267 e. The fourth-order valence-corrected chi connectivity index (χ4v) is 7.22. The maximum absolute atomic E-state index is 13.8. The van der Waals surface area contributed by atoms with Crippen molar-refractivity contribution in [3.8, 4) is 5.69 Å². The van der Waals surface area contributed by atoms with E-state index in [4.69, 9.17) is 4.98 Å². The molecule has 32 heavy (non-hydrogen) atoms. The quantitative estimate of drug-likeness (QED) is 0.418. The van der Waals surface area contributed by atoms with E-state index in [0.29, 0.717) is 11.1 Å². The first-order chi connectivity index (χ1) is 15.5. The molecule has 1 saturated carbocycles. The number of amides is 1. The van der Waals surface area contributed by atoms with E-state index in [2.05, 4.69) is 12.2 Å². The Bertz CT molecular complexity index is 1200. The maximum atomic E-state index is 13.8. The molecule has 2 unspecified atom stereocenters. The minimum atomic E-state index is -0.329. The fourth-order valence-electron chi connectivity index (χ4n) is 4.86. The van der Waals surface area contributed by atoms with Crippen LogP contribution in [-0.4, -0.2) is 26.8 Å².